The maximum absolute atomic E-state index is 4.18. The summed E-state index contributed by atoms with van der Waals surface area (Å²) in [7, 11) is 0. The van der Waals surface area contributed by atoms with Crippen LogP contribution in [-0.4, -0.2) is 6.21 Å². The Balaban J connectivity index is 0. The summed E-state index contributed by atoms with van der Waals surface area (Å²) in [4.78, 5) is 4.18. The van der Waals surface area contributed by atoms with E-state index in [1.165, 1.54) is 63.4 Å². The summed E-state index contributed by atoms with van der Waals surface area (Å²) < 4.78 is 0. The number of nitrogens with zero attached hydrogens (tertiary/aromatic N) is 1. The third-order valence-corrected chi connectivity index (χ3v) is 5.16. The fourth-order valence-electron chi connectivity index (χ4n) is 3.77. The highest BCUT2D eigenvalue weighted by atomic mass is 14.7. The van der Waals surface area contributed by atoms with Crippen LogP contribution in [0.25, 0.3) is 0 Å². The van der Waals surface area contributed by atoms with Crippen LogP contribution in [0.4, 0.5) is 0 Å². The van der Waals surface area contributed by atoms with Crippen LogP contribution >= 0.6 is 0 Å². The minimum atomic E-state index is 0. The third kappa shape index (κ3) is 11.0. The first kappa shape index (κ1) is 25.6. The van der Waals surface area contributed by atoms with Gasteiger partial charge in [0.25, 0.3) is 0 Å². The van der Waals surface area contributed by atoms with Gasteiger partial charge in [0.15, 0.2) is 0 Å². The van der Waals surface area contributed by atoms with Gasteiger partial charge < -0.3 is 0 Å². The van der Waals surface area contributed by atoms with Crippen LogP contribution in [0, 0.1) is 17.8 Å². The molecule has 0 N–H and O–H groups in total. The van der Waals surface area contributed by atoms with Gasteiger partial charge in [0.2, 0.25) is 0 Å². The molecule has 1 aliphatic carbocycles. The minimum Gasteiger partial charge on any atom is -0.269 e. The van der Waals surface area contributed by atoms with Crippen molar-refractivity contribution in [2.75, 3.05) is 0 Å². The molecule has 0 aromatic carbocycles. The number of hydrogen-bond donors (Lipinski definition) is 0. The lowest BCUT2D eigenvalue weighted by atomic mass is 9.75. The van der Waals surface area contributed by atoms with Crippen molar-refractivity contribution in [1.29, 1.82) is 0 Å². The van der Waals surface area contributed by atoms with Crippen molar-refractivity contribution in [2.24, 2.45) is 22.7 Å². The molecular weight excluding hydrogens is 290 g/mol. The van der Waals surface area contributed by atoms with Crippen LogP contribution < -0.4 is 0 Å². The molecule has 2 unspecified atom stereocenters. The van der Waals surface area contributed by atoms with Crippen LogP contribution in [0.15, 0.2) is 16.8 Å². The molecule has 0 bridgehead atoms. The zero-order chi connectivity index (χ0) is 17.5. The molecule has 144 valence electrons. The molecule has 0 amide bonds. The highest BCUT2D eigenvalue weighted by molar-refractivity contribution is 5.65. The molecule has 0 aromatic heterocycles. The molecular formula is C23H47N. The largest absolute Gasteiger partial charge is 0.269 e. The second-order valence-electron chi connectivity index (χ2n) is 6.93. The third-order valence-electron chi connectivity index (χ3n) is 5.16. The Bertz CT molecular complexity index is 316. The zero-order valence-electron chi connectivity index (χ0n) is 16.9. The number of allylic oxidation sites excluding steroid dienone is 1. The average Bonchev–Trinajstić information content (AvgIpc) is 3.11. The van der Waals surface area contributed by atoms with E-state index in [1.54, 1.807) is 0 Å². The number of unbranched alkanes of at least 4 members (excludes halogenated alkanes) is 1. The first-order valence-electron chi connectivity index (χ1n) is 10.4. The SMILES string of the molecule is C.CC.CC.CC1CCCCC1C[C@H](C)CCCCC1=CN=CC1. The lowest BCUT2D eigenvalue weighted by Gasteiger charge is -2.30. The smallest absolute Gasteiger partial charge is 0.0259 e. The number of rotatable bonds is 7. The molecule has 0 spiro atoms. The molecule has 1 heteroatoms. The number of aliphatic imine (C=N–C) groups is 1. The summed E-state index contributed by atoms with van der Waals surface area (Å²) in [6.07, 6.45) is 18.1. The van der Waals surface area contributed by atoms with Crippen molar-refractivity contribution < 1.29 is 0 Å². The van der Waals surface area contributed by atoms with E-state index in [2.05, 4.69) is 25.0 Å². The Morgan fingerprint density at radius 1 is 1.08 bits per heavy atom. The molecule has 2 rings (SSSR count). The van der Waals surface area contributed by atoms with E-state index in [4.69, 9.17) is 0 Å². The quantitative estimate of drug-likeness (QED) is 0.413. The summed E-state index contributed by atoms with van der Waals surface area (Å²) in [5.74, 6) is 2.94. The molecule has 0 aromatic rings. The predicted molar refractivity (Wildman–Crippen MR) is 114 cm³/mol. The van der Waals surface area contributed by atoms with Gasteiger partial charge >= 0.3 is 0 Å². The first-order valence-corrected chi connectivity index (χ1v) is 10.4. The van der Waals surface area contributed by atoms with Gasteiger partial charge in [-0.3, -0.25) is 4.99 Å². The number of hydrogen-bond acceptors (Lipinski definition) is 1. The maximum atomic E-state index is 4.18. The Hall–Kier alpha value is -0.590. The minimum absolute atomic E-state index is 0. The van der Waals surface area contributed by atoms with Crippen molar-refractivity contribution in [3.8, 4) is 0 Å². The molecule has 0 saturated heterocycles. The van der Waals surface area contributed by atoms with Gasteiger partial charge in [-0.2, -0.15) is 0 Å². The van der Waals surface area contributed by atoms with Gasteiger partial charge in [0.05, 0.1) is 0 Å². The highest BCUT2D eigenvalue weighted by Gasteiger charge is 2.22. The van der Waals surface area contributed by atoms with Gasteiger partial charge in [-0.1, -0.05) is 87.5 Å². The van der Waals surface area contributed by atoms with Gasteiger partial charge in [0, 0.05) is 18.8 Å². The van der Waals surface area contributed by atoms with Gasteiger partial charge in [0.1, 0.15) is 0 Å². The second-order valence-corrected chi connectivity index (χ2v) is 6.93. The van der Waals surface area contributed by atoms with Crippen molar-refractivity contribution in [3.63, 3.8) is 0 Å². The highest BCUT2D eigenvalue weighted by Crippen LogP contribution is 2.35. The lowest BCUT2D eigenvalue weighted by Crippen LogP contribution is -2.19. The predicted octanol–water partition coefficient (Wildman–Crippen LogP) is 8.45. The van der Waals surface area contributed by atoms with E-state index < -0.39 is 0 Å². The fourth-order valence-corrected chi connectivity index (χ4v) is 3.77. The van der Waals surface area contributed by atoms with Crippen molar-refractivity contribution in [2.45, 2.75) is 113 Å². The van der Waals surface area contributed by atoms with Crippen molar-refractivity contribution in [1.82, 2.24) is 0 Å². The average molecular weight is 338 g/mol. The molecule has 0 radical (unpaired) electrons. The molecule has 1 saturated carbocycles. The lowest BCUT2D eigenvalue weighted by molar-refractivity contribution is 0.210. The second kappa shape index (κ2) is 17.2. The molecule has 24 heavy (non-hydrogen) atoms. The monoisotopic (exact) mass is 337 g/mol. The van der Waals surface area contributed by atoms with Crippen LogP contribution in [0.1, 0.15) is 113 Å². The van der Waals surface area contributed by atoms with Crippen LogP contribution in [-0.2, 0) is 0 Å². The fraction of sp³-hybridized carbons (Fsp3) is 0.870. The van der Waals surface area contributed by atoms with Gasteiger partial charge in [-0.05, 0) is 42.6 Å². The Labute approximate surface area is 154 Å². The maximum Gasteiger partial charge on any atom is 0.0259 e. The summed E-state index contributed by atoms with van der Waals surface area (Å²) in [6, 6.07) is 0. The summed E-state index contributed by atoms with van der Waals surface area (Å²) in [5.41, 5.74) is 1.54. The molecule has 2 aliphatic rings. The molecule has 3 atom stereocenters. The van der Waals surface area contributed by atoms with E-state index >= 15 is 0 Å². The van der Waals surface area contributed by atoms with Crippen molar-refractivity contribution in [3.05, 3.63) is 11.8 Å². The van der Waals surface area contributed by atoms with E-state index in [0.717, 1.165) is 24.2 Å². The van der Waals surface area contributed by atoms with E-state index in [0.29, 0.717) is 0 Å². The zero-order valence-corrected chi connectivity index (χ0v) is 16.9. The first-order chi connectivity index (χ1) is 11.3. The van der Waals surface area contributed by atoms with Crippen LogP contribution in [0.5, 0.6) is 0 Å². The molecule has 1 fully saturated rings. The summed E-state index contributed by atoms with van der Waals surface area (Å²) >= 11 is 0. The van der Waals surface area contributed by atoms with Gasteiger partial charge in [-0.25, -0.2) is 0 Å². The van der Waals surface area contributed by atoms with E-state index in [-0.39, 0.29) is 7.43 Å². The Morgan fingerprint density at radius 3 is 2.33 bits per heavy atom. The van der Waals surface area contributed by atoms with Crippen LogP contribution in [0.2, 0.25) is 0 Å². The van der Waals surface area contributed by atoms with E-state index in [9.17, 15) is 0 Å². The Morgan fingerprint density at radius 2 is 1.75 bits per heavy atom. The Kier molecular flexibility index (Phi) is 18.4. The van der Waals surface area contributed by atoms with E-state index in [1.807, 2.05) is 33.9 Å². The summed E-state index contributed by atoms with van der Waals surface area (Å²) in [6.45, 7) is 12.9. The molecule has 1 aliphatic heterocycles. The standard InChI is InChI=1S/C18H31N.2C2H6.CH4/c1-15(13-18-10-6-4-8-16(18)2)7-3-5-9-17-11-12-19-14-17;2*1-2;/h12,14-16,18H,3-11,13H2,1-2H3;2*1-2H3;1H4/t15-,16?,18?;;;/m1.../s1. The molecule has 1 nitrogen and oxygen atoms in total. The van der Waals surface area contributed by atoms with Crippen LogP contribution in [0.3, 0.4) is 0 Å². The normalized spacial score (nSPS) is 23.0. The van der Waals surface area contributed by atoms with Gasteiger partial charge in [-0.15, -0.1) is 0 Å². The van der Waals surface area contributed by atoms with Crippen molar-refractivity contribution >= 4 is 6.21 Å². The summed E-state index contributed by atoms with van der Waals surface area (Å²) in [5, 5.41) is 0. The molecule has 1 heterocycles. The topological polar surface area (TPSA) is 12.4 Å².